The van der Waals surface area contributed by atoms with Gasteiger partial charge in [-0.1, -0.05) is 18.2 Å². The molecule has 6 heteroatoms. The van der Waals surface area contributed by atoms with Crippen molar-refractivity contribution >= 4 is 29.3 Å². The van der Waals surface area contributed by atoms with E-state index in [9.17, 15) is 9.59 Å². The molecule has 0 aromatic heterocycles. The lowest BCUT2D eigenvalue weighted by Crippen LogP contribution is -2.36. The van der Waals surface area contributed by atoms with Crippen molar-refractivity contribution in [3.05, 3.63) is 29.8 Å². The Balaban J connectivity index is 2.66. The predicted molar refractivity (Wildman–Crippen MR) is 82.0 cm³/mol. The van der Waals surface area contributed by atoms with Crippen LogP contribution in [0.2, 0.25) is 0 Å². The largest absolute Gasteiger partial charge is 0.481 e. The average Bonchev–Trinajstić information content (AvgIpc) is 2.43. The Kier molecular flexibility index (Phi) is 7.11. The molecule has 0 saturated carbocycles. The van der Waals surface area contributed by atoms with Crippen LogP contribution in [0, 0.1) is 0 Å². The predicted octanol–water partition coefficient (Wildman–Crippen LogP) is 1.72. The topological polar surface area (TPSA) is 92.4 Å². The molecule has 1 atom stereocenters. The highest BCUT2D eigenvalue weighted by atomic mass is 32.2. The van der Waals surface area contributed by atoms with E-state index in [1.807, 2.05) is 18.4 Å². The lowest BCUT2D eigenvalue weighted by atomic mass is 10.1. The van der Waals surface area contributed by atoms with E-state index in [-0.39, 0.29) is 12.3 Å². The molecular formula is C14H20N2O3S. The second kappa shape index (κ2) is 8.60. The Bertz CT molecular complexity index is 465. The van der Waals surface area contributed by atoms with E-state index in [0.29, 0.717) is 18.5 Å². The fourth-order valence-corrected chi connectivity index (χ4v) is 2.19. The number of hydrogen-bond acceptors (Lipinski definition) is 4. The summed E-state index contributed by atoms with van der Waals surface area (Å²) in [5.41, 5.74) is 7.25. The molecule has 0 unspecified atom stereocenters. The SMILES string of the molecule is CSCC[C@H](N)C(=O)Nc1ccccc1CCC(=O)O. The van der Waals surface area contributed by atoms with Gasteiger partial charge in [-0.05, 0) is 36.5 Å². The molecule has 5 nitrogen and oxygen atoms in total. The average molecular weight is 296 g/mol. The molecule has 1 aromatic carbocycles. The number of carbonyl (C=O) groups is 2. The minimum Gasteiger partial charge on any atom is -0.481 e. The van der Waals surface area contributed by atoms with E-state index in [4.69, 9.17) is 10.8 Å². The van der Waals surface area contributed by atoms with Crippen molar-refractivity contribution in [1.82, 2.24) is 0 Å². The van der Waals surface area contributed by atoms with Gasteiger partial charge in [0.1, 0.15) is 0 Å². The van der Waals surface area contributed by atoms with Crippen LogP contribution in [0.3, 0.4) is 0 Å². The number of carboxylic acids is 1. The summed E-state index contributed by atoms with van der Waals surface area (Å²) in [5.74, 6) is -0.264. The van der Waals surface area contributed by atoms with Crippen molar-refractivity contribution in [2.24, 2.45) is 5.73 Å². The molecule has 4 N–H and O–H groups in total. The van der Waals surface area contributed by atoms with Crippen LogP contribution in [0.25, 0.3) is 0 Å². The number of anilines is 1. The third-order valence-electron chi connectivity index (χ3n) is 2.85. The highest BCUT2D eigenvalue weighted by molar-refractivity contribution is 7.98. The molecule has 0 aliphatic heterocycles. The molecule has 0 fully saturated rings. The van der Waals surface area contributed by atoms with Crippen molar-refractivity contribution in [3.8, 4) is 0 Å². The normalized spacial score (nSPS) is 11.9. The first-order chi connectivity index (χ1) is 9.54. The summed E-state index contributed by atoms with van der Waals surface area (Å²) < 4.78 is 0. The van der Waals surface area contributed by atoms with Crippen molar-refractivity contribution in [2.75, 3.05) is 17.3 Å². The van der Waals surface area contributed by atoms with Gasteiger partial charge in [-0.25, -0.2) is 0 Å². The summed E-state index contributed by atoms with van der Waals surface area (Å²) in [7, 11) is 0. The maximum absolute atomic E-state index is 11.9. The first-order valence-electron chi connectivity index (χ1n) is 6.39. The molecule has 0 heterocycles. The monoisotopic (exact) mass is 296 g/mol. The van der Waals surface area contributed by atoms with Gasteiger partial charge in [0.15, 0.2) is 0 Å². The minimum absolute atomic E-state index is 0.0331. The Morgan fingerprint density at radius 1 is 1.40 bits per heavy atom. The van der Waals surface area contributed by atoms with Gasteiger partial charge < -0.3 is 16.2 Å². The summed E-state index contributed by atoms with van der Waals surface area (Å²) in [5, 5.41) is 11.5. The Morgan fingerprint density at radius 3 is 2.75 bits per heavy atom. The number of amides is 1. The lowest BCUT2D eigenvalue weighted by Gasteiger charge is -2.14. The quantitative estimate of drug-likeness (QED) is 0.679. The molecule has 20 heavy (non-hydrogen) atoms. The number of para-hydroxylation sites is 1. The fraction of sp³-hybridized carbons (Fsp3) is 0.429. The Hall–Kier alpha value is -1.53. The van der Waals surface area contributed by atoms with Crippen LogP contribution >= 0.6 is 11.8 Å². The molecule has 110 valence electrons. The maximum atomic E-state index is 11.9. The number of aryl methyl sites for hydroxylation is 1. The first kappa shape index (κ1) is 16.5. The molecule has 1 amide bonds. The van der Waals surface area contributed by atoms with Gasteiger partial charge in [-0.15, -0.1) is 0 Å². The molecule has 1 aromatic rings. The minimum atomic E-state index is -0.859. The van der Waals surface area contributed by atoms with E-state index in [2.05, 4.69) is 5.32 Å². The van der Waals surface area contributed by atoms with Crippen LogP contribution in [0.1, 0.15) is 18.4 Å². The number of hydrogen-bond donors (Lipinski definition) is 3. The van der Waals surface area contributed by atoms with Gasteiger partial charge in [-0.3, -0.25) is 9.59 Å². The molecule has 0 aliphatic carbocycles. The van der Waals surface area contributed by atoms with Crippen LogP contribution in [-0.4, -0.2) is 35.0 Å². The Labute approximate surface area is 122 Å². The third kappa shape index (κ3) is 5.63. The zero-order chi connectivity index (χ0) is 15.0. The summed E-state index contributed by atoms with van der Waals surface area (Å²) in [4.78, 5) is 22.6. The summed E-state index contributed by atoms with van der Waals surface area (Å²) in [6, 6.07) is 6.64. The standard InChI is InChI=1S/C14H20N2O3S/c1-20-9-8-11(15)14(19)16-12-5-3-2-4-10(12)6-7-13(17)18/h2-5,11H,6-9,15H2,1H3,(H,16,19)(H,17,18)/t11-/m0/s1. The summed E-state index contributed by atoms with van der Waals surface area (Å²) in [6.45, 7) is 0. The number of nitrogens with two attached hydrogens (primary N) is 1. The van der Waals surface area contributed by atoms with Crippen LogP contribution in [0.4, 0.5) is 5.69 Å². The second-order valence-electron chi connectivity index (χ2n) is 4.43. The van der Waals surface area contributed by atoms with Gasteiger partial charge in [0.25, 0.3) is 0 Å². The number of aliphatic carboxylic acids is 1. The number of benzene rings is 1. The molecule has 0 radical (unpaired) electrons. The zero-order valence-corrected chi connectivity index (χ0v) is 12.3. The van der Waals surface area contributed by atoms with Crippen molar-refractivity contribution in [3.63, 3.8) is 0 Å². The summed E-state index contributed by atoms with van der Waals surface area (Å²) >= 11 is 1.64. The maximum Gasteiger partial charge on any atom is 0.303 e. The zero-order valence-electron chi connectivity index (χ0n) is 11.5. The molecule has 0 aliphatic rings. The number of carboxylic acid groups (broad SMARTS) is 1. The number of nitrogens with one attached hydrogen (secondary N) is 1. The summed E-state index contributed by atoms with van der Waals surface area (Å²) in [6.07, 6.45) is 2.99. The van der Waals surface area contributed by atoms with Crippen molar-refractivity contribution in [1.29, 1.82) is 0 Å². The lowest BCUT2D eigenvalue weighted by molar-refractivity contribution is -0.136. The molecule has 0 spiro atoms. The van der Waals surface area contributed by atoms with Gasteiger partial charge in [0.05, 0.1) is 6.04 Å². The third-order valence-corrected chi connectivity index (χ3v) is 3.50. The van der Waals surface area contributed by atoms with Gasteiger partial charge in [0, 0.05) is 12.1 Å². The van der Waals surface area contributed by atoms with Crippen LogP contribution in [0.5, 0.6) is 0 Å². The van der Waals surface area contributed by atoms with E-state index in [1.54, 1.807) is 23.9 Å². The van der Waals surface area contributed by atoms with Gasteiger partial charge >= 0.3 is 5.97 Å². The molecular weight excluding hydrogens is 276 g/mol. The van der Waals surface area contributed by atoms with E-state index < -0.39 is 12.0 Å². The van der Waals surface area contributed by atoms with Crippen molar-refractivity contribution < 1.29 is 14.7 Å². The van der Waals surface area contributed by atoms with E-state index in [1.165, 1.54) is 0 Å². The molecule has 0 saturated heterocycles. The molecule has 0 bridgehead atoms. The first-order valence-corrected chi connectivity index (χ1v) is 7.79. The van der Waals surface area contributed by atoms with E-state index >= 15 is 0 Å². The molecule has 1 rings (SSSR count). The fourth-order valence-electron chi connectivity index (χ4n) is 1.70. The van der Waals surface area contributed by atoms with Gasteiger partial charge in [0.2, 0.25) is 5.91 Å². The van der Waals surface area contributed by atoms with Crippen molar-refractivity contribution in [2.45, 2.75) is 25.3 Å². The van der Waals surface area contributed by atoms with E-state index in [0.717, 1.165) is 11.3 Å². The highest BCUT2D eigenvalue weighted by Crippen LogP contribution is 2.17. The van der Waals surface area contributed by atoms with Gasteiger partial charge in [-0.2, -0.15) is 11.8 Å². The van der Waals surface area contributed by atoms with Crippen LogP contribution < -0.4 is 11.1 Å². The van der Waals surface area contributed by atoms with Crippen LogP contribution in [0.15, 0.2) is 24.3 Å². The highest BCUT2D eigenvalue weighted by Gasteiger charge is 2.14. The smallest absolute Gasteiger partial charge is 0.303 e. The second-order valence-corrected chi connectivity index (χ2v) is 5.41. The Morgan fingerprint density at radius 2 is 2.10 bits per heavy atom. The number of rotatable bonds is 8. The van der Waals surface area contributed by atoms with Crippen LogP contribution in [-0.2, 0) is 16.0 Å². The number of carbonyl (C=O) groups excluding carboxylic acids is 1. The number of thioether (sulfide) groups is 1.